The number of para-hydroxylation sites is 1. The highest BCUT2D eigenvalue weighted by Gasteiger charge is 2.16. The standard InChI is InChI=1S/C23H22ClN3O2S/c1-14(2)12-27-22(28)18-6-4-5-7-19(18)26-23(27)30-13-20-15(3)29-21(25-20)16-8-10-17(24)11-9-16/h4-11,14H,12-13H2,1-3H3. The zero-order valence-corrected chi connectivity index (χ0v) is 18.6. The Labute approximate surface area is 184 Å². The van der Waals surface area contributed by atoms with Gasteiger partial charge in [-0.25, -0.2) is 9.97 Å². The van der Waals surface area contributed by atoms with Gasteiger partial charge in [0.05, 0.1) is 16.6 Å². The quantitative estimate of drug-likeness (QED) is 0.274. The molecule has 2 heterocycles. The fraction of sp³-hybridized carbons (Fsp3) is 0.261. The zero-order chi connectivity index (χ0) is 21.3. The van der Waals surface area contributed by atoms with Crippen LogP contribution in [0.3, 0.4) is 0 Å². The molecule has 5 nitrogen and oxygen atoms in total. The Hall–Kier alpha value is -2.57. The molecule has 7 heteroatoms. The minimum Gasteiger partial charge on any atom is -0.441 e. The van der Waals surface area contributed by atoms with Gasteiger partial charge >= 0.3 is 0 Å². The predicted octanol–water partition coefficient (Wildman–Crippen LogP) is 5.96. The monoisotopic (exact) mass is 439 g/mol. The van der Waals surface area contributed by atoms with E-state index in [1.807, 2.05) is 55.5 Å². The smallest absolute Gasteiger partial charge is 0.262 e. The predicted molar refractivity (Wildman–Crippen MR) is 122 cm³/mol. The lowest BCUT2D eigenvalue weighted by atomic mass is 10.2. The average Bonchev–Trinajstić information content (AvgIpc) is 3.09. The van der Waals surface area contributed by atoms with Gasteiger partial charge in [0.25, 0.3) is 5.56 Å². The molecule has 30 heavy (non-hydrogen) atoms. The first-order valence-electron chi connectivity index (χ1n) is 9.77. The van der Waals surface area contributed by atoms with E-state index in [-0.39, 0.29) is 5.56 Å². The first kappa shape index (κ1) is 20.7. The van der Waals surface area contributed by atoms with Gasteiger partial charge in [0, 0.05) is 22.9 Å². The maximum Gasteiger partial charge on any atom is 0.262 e. The van der Waals surface area contributed by atoms with E-state index in [4.69, 9.17) is 21.0 Å². The number of aryl methyl sites for hydroxylation is 1. The molecule has 0 spiro atoms. The molecule has 0 aliphatic heterocycles. The molecule has 0 bridgehead atoms. The van der Waals surface area contributed by atoms with E-state index in [9.17, 15) is 4.79 Å². The van der Waals surface area contributed by atoms with Crippen LogP contribution in [-0.4, -0.2) is 14.5 Å². The Morgan fingerprint density at radius 1 is 1.10 bits per heavy atom. The number of benzene rings is 2. The number of halogens is 1. The van der Waals surface area contributed by atoms with Crippen molar-refractivity contribution in [3.63, 3.8) is 0 Å². The summed E-state index contributed by atoms with van der Waals surface area (Å²) in [4.78, 5) is 22.5. The number of hydrogen-bond acceptors (Lipinski definition) is 5. The minimum absolute atomic E-state index is 0.00414. The number of nitrogens with zero attached hydrogens (tertiary/aromatic N) is 3. The van der Waals surface area contributed by atoms with E-state index < -0.39 is 0 Å². The van der Waals surface area contributed by atoms with Crippen LogP contribution in [0.1, 0.15) is 25.3 Å². The second-order valence-electron chi connectivity index (χ2n) is 7.54. The molecule has 0 aliphatic carbocycles. The molecule has 4 rings (SSSR count). The lowest BCUT2D eigenvalue weighted by Gasteiger charge is -2.14. The molecular weight excluding hydrogens is 418 g/mol. The van der Waals surface area contributed by atoms with Crippen molar-refractivity contribution in [3.8, 4) is 11.5 Å². The maximum atomic E-state index is 13.0. The lowest BCUT2D eigenvalue weighted by molar-refractivity contribution is 0.475. The Balaban J connectivity index is 1.65. The van der Waals surface area contributed by atoms with Crippen LogP contribution >= 0.6 is 23.4 Å². The number of fused-ring (bicyclic) bond motifs is 1. The van der Waals surface area contributed by atoms with Gasteiger partial charge in [0.2, 0.25) is 5.89 Å². The van der Waals surface area contributed by atoms with Crippen molar-refractivity contribution in [1.29, 1.82) is 0 Å². The second kappa shape index (κ2) is 8.66. The first-order valence-corrected chi connectivity index (χ1v) is 11.1. The van der Waals surface area contributed by atoms with Crippen molar-refractivity contribution in [2.24, 2.45) is 5.92 Å². The minimum atomic E-state index is -0.00414. The number of rotatable bonds is 6. The third-order valence-corrected chi connectivity index (χ3v) is 5.94. The highest BCUT2D eigenvalue weighted by Crippen LogP contribution is 2.28. The first-order chi connectivity index (χ1) is 14.4. The molecular formula is C23H22ClN3O2S. The summed E-state index contributed by atoms with van der Waals surface area (Å²) >= 11 is 7.47. The van der Waals surface area contributed by atoms with E-state index in [2.05, 4.69) is 18.8 Å². The SMILES string of the molecule is Cc1oc(-c2ccc(Cl)cc2)nc1CSc1nc2ccccc2c(=O)n1CC(C)C. The molecule has 0 N–H and O–H groups in total. The summed E-state index contributed by atoms with van der Waals surface area (Å²) in [6.45, 7) is 6.71. The second-order valence-corrected chi connectivity index (χ2v) is 8.92. The Morgan fingerprint density at radius 2 is 1.83 bits per heavy atom. The van der Waals surface area contributed by atoms with Gasteiger partial charge in [-0.3, -0.25) is 9.36 Å². The average molecular weight is 440 g/mol. The fourth-order valence-corrected chi connectivity index (χ4v) is 4.33. The van der Waals surface area contributed by atoms with E-state index in [1.54, 1.807) is 4.57 Å². The van der Waals surface area contributed by atoms with Gasteiger partial charge in [-0.2, -0.15) is 0 Å². The summed E-state index contributed by atoms with van der Waals surface area (Å²) in [7, 11) is 0. The summed E-state index contributed by atoms with van der Waals surface area (Å²) in [5, 5.41) is 2.01. The highest BCUT2D eigenvalue weighted by atomic mass is 35.5. The van der Waals surface area contributed by atoms with Gasteiger partial charge in [-0.1, -0.05) is 49.3 Å². The summed E-state index contributed by atoms with van der Waals surface area (Å²) in [6.07, 6.45) is 0. The summed E-state index contributed by atoms with van der Waals surface area (Å²) < 4.78 is 7.63. The van der Waals surface area contributed by atoms with Crippen LogP contribution in [0.25, 0.3) is 22.4 Å². The van der Waals surface area contributed by atoms with Crippen LogP contribution in [-0.2, 0) is 12.3 Å². The van der Waals surface area contributed by atoms with E-state index in [0.29, 0.717) is 45.2 Å². The molecule has 4 aromatic rings. The largest absolute Gasteiger partial charge is 0.441 e. The van der Waals surface area contributed by atoms with Gasteiger partial charge in [0.1, 0.15) is 5.76 Å². The number of hydrogen-bond donors (Lipinski definition) is 0. The van der Waals surface area contributed by atoms with Crippen LogP contribution < -0.4 is 5.56 Å². The van der Waals surface area contributed by atoms with Crippen LogP contribution in [0.5, 0.6) is 0 Å². The number of oxazole rings is 1. The van der Waals surface area contributed by atoms with Gasteiger partial charge < -0.3 is 4.42 Å². The van der Waals surface area contributed by atoms with Crippen LogP contribution in [0.15, 0.2) is 62.9 Å². The molecule has 0 aliphatic rings. The van der Waals surface area contributed by atoms with Crippen LogP contribution in [0.2, 0.25) is 5.02 Å². The van der Waals surface area contributed by atoms with Crippen molar-refractivity contribution < 1.29 is 4.42 Å². The van der Waals surface area contributed by atoms with Crippen molar-refractivity contribution in [2.45, 2.75) is 38.2 Å². The van der Waals surface area contributed by atoms with Gasteiger partial charge in [-0.05, 0) is 49.2 Å². The molecule has 154 valence electrons. The maximum absolute atomic E-state index is 13.0. The Morgan fingerprint density at radius 3 is 2.57 bits per heavy atom. The van der Waals surface area contributed by atoms with Crippen LogP contribution in [0.4, 0.5) is 0 Å². The van der Waals surface area contributed by atoms with Crippen LogP contribution in [0, 0.1) is 12.8 Å². The normalized spacial score (nSPS) is 11.5. The molecule has 0 amide bonds. The Bertz CT molecular complexity index is 1250. The Kier molecular flexibility index (Phi) is 5.97. The van der Waals surface area contributed by atoms with Crippen molar-refractivity contribution in [1.82, 2.24) is 14.5 Å². The zero-order valence-electron chi connectivity index (χ0n) is 17.1. The topological polar surface area (TPSA) is 60.9 Å². The van der Waals surface area contributed by atoms with Crippen molar-refractivity contribution in [3.05, 3.63) is 75.4 Å². The number of aromatic nitrogens is 3. The molecule has 0 unspecified atom stereocenters. The summed E-state index contributed by atoms with van der Waals surface area (Å²) in [6, 6.07) is 14.9. The van der Waals surface area contributed by atoms with Crippen molar-refractivity contribution in [2.75, 3.05) is 0 Å². The summed E-state index contributed by atoms with van der Waals surface area (Å²) in [5.74, 6) is 2.21. The molecule has 2 aromatic carbocycles. The van der Waals surface area contributed by atoms with Gasteiger partial charge in [0.15, 0.2) is 5.16 Å². The molecule has 0 atom stereocenters. The molecule has 2 aromatic heterocycles. The lowest BCUT2D eigenvalue weighted by Crippen LogP contribution is -2.25. The summed E-state index contributed by atoms with van der Waals surface area (Å²) in [5.41, 5.74) is 2.42. The van der Waals surface area contributed by atoms with E-state index in [0.717, 1.165) is 17.0 Å². The fourth-order valence-electron chi connectivity index (χ4n) is 3.19. The van der Waals surface area contributed by atoms with E-state index >= 15 is 0 Å². The molecule has 0 saturated carbocycles. The highest BCUT2D eigenvalue weighted by molar-refractivity contribution is 7.98. The number of thioether (sulfide) groups is 1. The molecule has 0 fully saturated rings. The third kappa shape index (κ3) is 4.30. The van der Waals surface area contributed by atoms with Crippen molar-refractivity contribution >= 4 is 34.3 Å². The molecule has 0 saturated heterocycles. The third-order valence-electron chi connectivity index (χ3n) is 4.70. The van der Waals surface area contributed by atoms with E-state index in [1.165, 1.54) is 11.8 Å². The molecule has 0 radical (unpaired) electrons. The van der Waals surface area contributed by atoms with Gasteiger partial charge in [-0.15, -0.1) is 0 Å².